The number of carboxylic acids is 2. The minimum absolute atomic E-state index is 0.00204. The van der Waals surface area contributed by atoms with Crippen molar-refractivity contribution in [2.45, 2.75) is 68.4 Å². The Labute approximate surface area is 201 Å². The molecule has 2 bridgehead atoms. The van der Waals surface area contributed by atoms with E-state index in [1.54, 1.807) is 0 Å². The molecule has 0 aliphatic carbocycles. The Morgan fingerprint density at radius 1 is 1.14 bits per heavy atom. The first-order valence-electron chi connectivity index (χ1n) is 11.1. The lowest BCUT2D eigenvalue weighted by Crippen LogP contribution is -2.73. The molecular weight excluding hydrogens is 464 g/mol. The van der Waals surface area contributed by atoms with Gasteiger partial charge in [0.2, 0.25) is 11.2 Å². The van der Waals surface area contributed by atoms with E-state index in [9.17, 15) is 39.9 Å². The second-order valence-electron chi connectivity index (χ2n) is 9.15. The number of carbonyl (C=O) groups excluding carboxylic acids is 1. The summed E-state index contributed by atoms with van der Waals surface area (Å²) >= 11 is 0. The van der Waals surface area contributed by atoms with Gasteiger partial charge in [-0.1, -0.05) is 43.8 Å². The van der Waals surface area contributed by atoms with E-state index >= 15 is 0 Å². The van der Waals surface area contributed by atoms with Crippen LogP contribution in [0.15, 0.2) is 42.5 Å². The van der Waals surface area contributed by atoms with Gasteiger partial charge in [-0.2, -0.15) is 0 Å². The lowest BCUT2D eigenvalue weighted by Gasteiger charge is -2.45. The summed E-state index contributed by atoms with van der Waals surface area (Å²) < 4.78 is 16.3. The maximum absolute atomic E-state index is 12.0. The number of hydrogen-bond acceptors (Lipinski definition) is 9. The third-order valence-electron chi connectivity index (χ3n) is 6.72. The molecule has 0 aromatic heterocycles. The van der Waals surface area contributed by atoms with Gasteiger partial charge in [0.05, 0.1) is 6.61 Å². The largest absolute Gasteiger partial charge is 0.479 e. The Morgan fingerprint density at radius 3 is 2.31 bits per heavy atom. The van der Waals surface area contributed by atoms with Gasteiger partial charge in [-0.15, -0.1) is 0 Å². The molecule has 3 rings (SSSR count). The van der Waals surface area contributed by atoms with Crippen molar-refractivity contribution in [3.63, 3.8) is 0 Å². The Kier molecular flexibility index (Phi) is 7.39. The van der Waals surface area contributed by atoms with Crippen molar-refractivity contribution >= 4 is 17.9 Å². The first kappa shape index (κ1) is 26.8. The van der Waals surface area contributed by atoms with Gasteiger partial charge in [0.1, 0.15) is 18.3 Å². The first-order chi connectivity index (χ1) is 16.3. The third kappa shape index (κ3) is 4.45. The van der Waals surface area contributed by atoms with Gasteiger partial charge in [-0.25, -0.2) is 9.59 Å². The summed E-state index contributed by atoms with van der Waals surface area (Å²) in [5.41, 5.74) is -4.79. The fourth-order valence-corrected chi connectivity index (χ4v) is 4.82. The molecule has 35 heavy (non-hydrogen) atoms. The molecule has 0 amide bonds. The van der Waals surface area contributed by atoms with Gasteiger partial charge in [-0.3, -0.25) is 4.79 Å². The van der Waals surface area contributed by atoms with Crippen LogP contribution in [0.2, 0.25) is 0 Å². The average molecular weight is 494 g/mol. The molecule has 11 nitrogen and oxygen atoms in total. The Morgan fingerprint density at radius 2 is 1.77 bits per heavy atom. The van der Waals surface area contributed by atoms with Crippen LogP contribution in [-0.4, -0.2) is 85.3 Å². The molecule has 0 spiro atoms. The first-order valence-corrected chi connectivity index (χ1v) is 11.1. The van der Waals surface area contributed by atoms with Crippen LogP contribution in [0.1, 0.15) is 32.3 Å². The Balaban J connectivity index is 1.81. The number of aliphatic hydroxyl groups is 3. The van der Waals surface area contributed by atoms with E-state index in [0.29, 0.717) is 12.0 Å². The van der Waals surface area contributed by atoms with E-state index in [2.05, 4.69) is 6.58 Å². The molecular formula is C24H30O11. The highest BCUT2D eigenvalue weighted by Gasteiger charge is 2.80. The number of rotatable bonds is 10. The molecule has 1 aromatic rings. The molecule has 0 saturated carbocycles. The summed E-state index contributed by atoms with van der Waals surface area (Å²) in [4.78, 5) is 35.5. The number of esters is 1. The second kappa shape index (κ2) is 9.67. The molecule has 2 fully saturated rings. The van der Waals surface area contributed by atoms with Crippen molar-refractivity contribution in [1.29, 1.82) is 0 Å². The van der Waals surface area contributed by atoms with Crippen LogP contribution < -0.4 is 0 Å². The molecule has 0 unspecified atom stereocenters. The SMILES string of the molecule is C=C(CC[C@@]12OC[C@@](O)(C(=O)O)[C@@](C(=O)O)(O1)[C@H](O)[C@H]2O)[C@@H](OC(C)=O)[C@H](C)Cc1ccccc1. The molecule has 192 valence electrons. The quantitative estimate of drug-likeness (QED) is 0.222. The summed E-state index contributed by atoms with van der Waals surface area (Å²) in [6, 6.07) is 9.50. The van der Waals surface area contributed by atoms with Gasteiger partial charge >= 0.3 is 17.9 Å². The summed E-state index contributed by atoms with van der Waals surface area (Å²) in [6.45, 7) is 6.07. The van der Waals surface area contributed by atoms with Crippen molar-refractivity contribution in [3.05, 3.63) is 48.0 Å². The number of carboxylic acid groups (broad SMARTS) is 2. The van der Waals surface area contributed by atoms with Crippen LogP contribution in [0.5, 0.6) is 0 Å². The van der Waals surface area contributed by atoms with E-state index < -0.39 is 59.8 Å². The lowest BCUT2D eigenvalue weighted by molar-refractivity contribution is -0.354. The van der Waals surface area contributed by atoms with E-state index in [-0.39, 0.29) is 18.8 Å². The predicted octanol–water partition coefficient (Wildman–Crippen LogP) is 0.251. The lowest BCUT2D eigenvalue weighted by atomic mass is 9.78. The molecule has 1 aromatic carbocycles. The van der Waals surface area contributed by atoms with Crippen molar-refractivity contribution in [2.24, 2.45) is 5.92 Å². The highest BCUT2D eigenvalue weighted by molar-refractivity contribution is 5.92. The van der Waals surface area contributed by atoms with Gasteiger partial charge in [-0.05, 0) is 24.0 Å². The monoisotopic (exact) mass is 494 g/mol. The minimum atomic E-state index is -3.15. The number of fused-ring (bicyclic) bond motifs is 2. The van der Waals surface area contributed by atoms with E-state index in [1.165, 1.54) is 6.92 Å². The summed E-state index contributed by atoms with van der Waals surface area (Å²) in [5, 5.41) is 50.9. The fraction of sp³-hybridized carbons (Fsp3) is 0.542. The van der Waals surface area contributed by atoms with Crippen molar-refractivity contribution in [1.82, 2.24) is 0 Å². The maximum Gasteiger partial charge on any atom is 0.342 e. The summed E-state index contributed by atoms with van der Waals surface area (Å²) in [7, 11) is 0. The zero-order chi connectivity index (χ0) is 26.2. The van der Waals surface area contributed by atoms with Crippen LogP contribution in [0.3, 0.4) is 0 Å². The molecule has 11 heteroatoms. The smallest absolute Gasteiger partial charge is 0.342 e. The topological polar surface area (TPSA) is 180 Å². The van der Waals surface area contributed by atoms with E-state index in [1.807, 2.05) is 37.3 Å². The zero-order valence-corrected chi connectivity index (χ0v) is 19.4. The molecule has 7 atom stereocenters. The third-order valence-corrected chi connectivity index (χ3v) is 6.72. The average Bonchev–Trinajstić information content (AvgIpc) is 3.00. The van der Waals surface area contributed by atoms with Crippen LogP contribution in [0, 0.1) is 5.92 Å². The number of ether oxygens (including phenoxy) is 3. The van der Waals surface area contributed by atoms with Crippen LogP contribution >= 0.6 is 0 Å². The number of carbonyl (C=O) groups is 3. The number of aliphatic hydroxyl groups excluding tert-OH is 2. The standard InChI is InChI=1S/C24H30O11/c1-13(17(34-15(3)25)14(2)11-16-7-5-4-6-8-16)9-10-23-18(26)19(27)24(35-23,21(30)31)22(32,12-33-23)20(28)29/h4-8,14,17-19,26-27,32H,1,9-12H2,2-3H3,(H,28,29)(H,30,31)/t14-,17-,18-,19-,22-,23-,24-/m1/s1. The summed E-state index contributed by atoms with van der Waals surface area (Å²) in [5.74, 6) is -6.82. The van der Waals surface area contributed by atoms with Crippen LogP contribution in [-0.2, 0) is 35.0 Å². The molecule has 0 radical (unpaired) electrons. The molecule has 2 saturated heterocycles. The normalized spacial score (nSPS) is 33.5. The number of aliphatic carboxylic acids is 2. The summed E-state index contributed by atoms with van der Waals surface area (Å²) in [6.07, 6.45) is -4.74. The Hall–Kier alpha value is -2.83. The molecule has 2 aliphatic rings. The highest BCUT2D eigenvalue weighted by atomic mass is 16.8. The van der Waals surface area contributed by atoms with Crippen LogP contribution in [0.25, 0.3) is 0 Å². The molecule has 5 N–H and O–H groups in total. The second-order valence-corrected chi connectivity index (χ2v) is 9.15. The molecule has 2 aliphatic heterocycles. The van der Waals surface area contributed by atoms with Crippen molar-refractivity contribution in [3.8, 4) is 0 Å². The van der Waals surface area contributed by atoms with Gasteiger partial charge in [0.25, 0.3) is 0 Å². The zero-order valence-electron chi connectivity index (χ0n) is 19.4. The van der Waals surface area contributed by atoms with Crippen molar-refractivity contribution < 1.29 is 54.1 Å². The van der Waals surface area contributed by atoms with Gasteiger partial charge < -0.3 is 39.7 Å². The van der Waals surface area contributed by atoms with Gasteiger partial charge in [0.15, 0.2) is 5.79 Å². The maximum atomic E-state index is 12.0. The van der Waals surface area contributed by atoms with E-state index in [0.717, 1.165) is 5.56 Å². The Bertz CT molecular complexity index is 994. The highest BCUT2D eigenvalue weighted by Crippen LogP contribution is 2.52. The molecule has 2 heterocycles. The van der Waals surface area contributed by atoms with Crippen molar-refractivity contribution in [2.75, 3.05) is 6.61 Å². The number of benzene rings is 1. The predicted molar refractivity (Wildman–Crippen MR) is 118 cm³/mol. The van der Waals surface area contributed by atoms with Gasteiger partial charge in [0, 0.05) is 19.3 Å². The van der Waals surface area contributed by atoms with Crippen LogP contribution in [0.4, 0.5) is 0 Å². The fourth-order valence-electron chi connectivity index (χ4n) is 4.82. The van der Waals surface area contributed by atoms with E-state index in [4.69, 9.17) is 14.2 Å². The minimum Gasteiger partial charge on any atom is -0.479 e. The number of hydrogen-bond donors (Lipinski definition) is 5.